The Morgan fingerprint density at radius 3 is 2.04 bits per heavy atom. The number of allylic oxidation sites excluding steroid dienone is 1. The minimum atomic E-state index is -4.55. The van der Waals surface area contributed by atoms with Crippen LogP contribution in [0, 0.1) is 6.92 Å². The van der Waals surface area contributed by atoms with Crippen LogP contribution in [0.3, 0.4) is 0 Å². The van der Waals surface area contributed by atoms with E-state index in [0.717, 1.165) is 28.9 Å². The molecule has 13 nitrogen and oxygen atoms in total. The van der Waals surface area contributed by atoms with Crippen LogP contribution in [-0.4, -0.2) is 90.2 Å². The first kappa shape index (κ1) is 44.2. The van der Waals surface area contributed by atoms with Crippen LogP contribution in [0.1, 0.15) is 69.1 Å². The molecule has 0 N–H and O–H groups in total. The second kappa shape index (κ2) is 18.7. The van der Waals surface area contributed by atoms with Gasteiger partial charge in [0.1, 0.15) is 6.54 Å². The first-order valence-corrected chi connectivity index (χ1v) is 18.8. The molecule has 1 fully saturated rings. The third-order valence-corrected chi connectivity index (χ3v) is 9.79. The first-order valence-electron chi connectivity index (χ1n) is 15.7. The normalized spacial score (nSPS) is 15.6. The fourth-order valence-electron chi connectivity index (χ4n) is 5.84. The Hall–Kier alpha value is -1.92. The van der Waals surface area contributed by atoms with Crippen LogP contribution >= 0.6 is 0 Å². The van der Waals surface area contributed by atoms with Crippen molar-refractivity contribution in [1.29, 1.82) is 0 Å². The van der Waals surface area contributed by atoms with E-state index in [-0.39, 0.29) is 96.9 Å². The maximum Gasteiger partial charge on any atom is 1.00 e. The van der Waals surface area contributed by atoms with Crippen LogP contribution in [0.25, 0.3) is 6.08 Å². The molecule has 1 saturated heterocycles. The Balaban J connectivity index is 0.00000433. The number of nitrogens with zero attached hydrogens (tertiary/aromatic N) is 3. The molecule has 0 bridgehead atoms. The van der Waals surface area contributed by atoms with E-state index in [2.05, 4.69) is 36.6 Å². The molecule has 2 aromatic carbocycles. The second-order valence-electron chi connectivity index (χ2n) is 12.5. The van der Waals surface area contributed by atoms with E-state index in [0.29, 0.717) is 30.1 Å². The van der Waals surface area contributed by atoms with Gasteiger partial charge in [-0.2, -0.15) is 4.58 Å². The summed E-state index contributed by atoms with van der Waals surface area (Å²) in [6.07, 6.45) is 6.17. The zero-order valence-corrected chi connectivity index (χ0v) is 34.8. The summed E-state index contributed by atoms with van der Waals surface area (Å²) >= 11 is 0. The molecule has 0 radical (unpaired) electrons. The Morgan fingerprint density at radius 1 is 0.900 bits per heavy atom. The van der Waals surface area contributed by atoms with Gasteiger partial charge in [0.25, 0.3) is 11.8 Å². The van der Waals surface area contributed by atoms with Gasteiger partial charge in [0.15, 0.2) is 5.71 Å². The zero-order chi connectivity index (χ0) is 35.3. The largest absolute Gasteiger partial charge is 1.00 e. The average Bonchev–Trinajstić information content (AvgIpc) is 3.41. The van der Waals surface area contributed by atoms with Gasteiger partial charge in [-0.1, -0.05) is 23.8 Å². The van der Waals surface area contributed by atoms with Gasteiger partial charge >= 0.3 is 65.1 Å². The van der Waals surface area contributed by atoms with Gasteiger partial charge in [-0.3, -0.25) is 9.59 Å². The molecule has 4 rings (SSSR count). The molecular formula is C33H40N3Na2O10S2+. The SMILES string of the molecule is Cc1ccc2c(c1)C(C)(C)C(/C=C/c1ccc(N(CCS(=O)(=O)[O-])CCS(=O)(=O)[O-])cc1)=[N+]2CCCCCC(=O)ON1C(=O)CCC1=O.[Na+].[Na+]. The Kier molecular flexibility index (Phi) is 16.6. The number of carbonyl (C=O) groups is 3. The summed E-state index contributed by atoms with van der Waals surface area (Å²) in [5.74, 6) is -3.09. The molecule has 0 unspecified atom stereocenters. The molecule has 2 heterocycles. The number of hydroxylamine groups is 2. The van der Waals surface area contributed by atoms with Gasteiger partial charge in [-0.15, -0.1) is 5.06 Å². The minimum absolute atomic E-state index is 0. The summed E-state index contributed by atoms with van der Waals surface area (Å²) in [7, 11) is -9.11. The third kappa shape index (κ3) is 12.3. The number of hydrogen-bond donors (Lipinski definition) is 0. The predicted octanol–water partition coefficient (Wildman–Crippen LogP) is -2.84. The van der Waals surface area contributed by atoms with Crippen molar-refractivity contribution in [3.8, 4) is 0 Å². The van der Waals surface area contributed by atoms with Crippen molar-refractivity contribution in [1.82, 2.24) is 5.06 Å². The van der Waals surface area contributed by atoms with Crippen molar-refractivity contribution in [3.05, 3.63) is 65.2 Å². The number of rotatable bonds is 16. The fourth-order valence-corrected chi connectivity index (χ4v) is 6.72. The number of unbranched alkanes of at least 4 members (excludes halogenated alkanes) is 2. The van der Waals surface area contributed by atoms with E-state index < -0.39 is 49.5 Å². The summed E-state index contributed by atoms with van der Waals surface area (Å²) in [6, 6.07) is 13.2. The zero-order valence-electron chi connectivity index (χ0n) is 29.2. The minimum Gasteiger partial charge on any atom is -0.748 e. The Labute approximate surface area is 338 Å². The molecule has 17 heteroatoms. The van der Waals surface area contributed by atoms with Gasteiger partial charge in [0.05, 0.1) is 37.2 Å². The van der Waals surface area contributed by atoms with E-state index in [1.165, 1.54) is 10.5 Å². The molecular weight excluding hydrogens is 708 g/mol. The summed E-state index contributed by atoms with van der Waals surface area (Å²) in [6.45, 7) is 6.51. The topological polar surface area (TPSA) is 184 Å². The summed E-state index contributed by atoms with van der Waals surface area (Å²) in [5, 5.41) is 0.563. The van der Waals surface area contributed by atoms with Crippen LogP contribution in [0.4, 0.5) is 11.4 Å². The predicted molar refractivity (Wildman–Crippen MR) is 176 cm³/mol. The molecule has 0 aromatic heterocycles. The number of carbonyl (C=O) groups excluding carboxylic acids is 3. The van der Waals surface area contributed by atoms with Crippen LogP contribution in [-0.2, 0) is 44.9 Å². The molecule has 0 saturated carbocycles. The number of hydrogen-bond acceptors (Lipinski definition) is 11. The molecule has 2 aromatic rings. The fraction of sp³-hybridized carbons (Fsp3) is 0.455. The van der Waals surface area contributed by atoms with E-state index >= 15 is 0 Å². The number of anilines is 1. The van der Waals surface area contributed by atoms with E-state index in [4.69, 9.17) is 4.84 Å². The monoisotopic (exact) mass is 748 g/mol. The van der Waals surface area contributed by atoms with Gasteiger partial charge in [-0.05, 0) is 63.5 Å². The Morgan fingerprint density at radius 2 is 1.48 bits per heavy atom. The number of imide groups is 1. The summed E-state index contributed by atoms with van der Waals surface area (Å²) in [4.78, 5) is 41.9. The van der Waals surface area contributed by atoms with E-state index in [1.807, 2.05) is 19.1 Å². The molecule has 50 heavy (non-hydrogen) atoms. The maximum atomic E-state index is 12.2. The van der Waals surface area contributed by atoms with Crippen LogP contribution < -0.4 is 64.0 Å². The van der Waals surface area contributed by atoms with Crippen LogP contribution in [0.2, 0.25) is 0 Å². The number of amides is 2. The van der Waals surface area contributed by atoms with E-state index in [1.54, 1.807) is 24.3 Å². The number of fused-ring (bicyclic) bond motifs is 1. The molecule has 0 aliphatic carbocycles. The number of aryl methyl sites for hydroxylation is 1. The van der Waals surface area contributed by atoms with E-state index in [9.17, 15) is 40.3 Å². The first-order chi connectivity index (χ1) is 22.4. The standard InChI is InChI=1S/C33H41N3O10S2.2Na/c1-24-8-14-28-27(23-24)33(2,3)29(35(28)18-6-4-5-7-32(39)46-36-30(37)16-17-31(36)38)15-11-25-9-12-26(13-10-25)34(19-21-47(40,41)42)20-22-48(43,44)45;;/h8-15,23H,4-7,16-22H2,1-3H3,(H-,40,41,42,43,44,45);;/q;2*+1/p-1. The van der Waals surface area contributed by atoms with Crippen molar-refractivity contribution in [3.63, 3.8) is 0 Å². The van der Waals surface area contributed by atoms with Gasteiger partial charge in [-0.25, -0.2) is 21.6 Å². The Bertz CT molecular complexity index is 1790. The second-order valence-corrected chi connectivity index (χ2v) is 15.5. The maximum absolute atomic E-state index is 12.2. The third-order valence-electron chi connectivity index (χ3n) is 8.42. The van der Waals surface area contributed by atoms with Gasteiger partial charge in [0.2, 0.25) is 5.69 Å². The van der Waals surface area contributed by atoms with Crippen molar-refractivity contribution in [2.75, 3.05) is 36.0 Å². The molecule has 0 atom stereocenters. The van der Waals surface area contributed by atoms with Crippen molar-refractivity contribution >= 4 is 61.2 Å². The molecule has 2 amide bonds. The van der Waals surface area contributed by atoms with Crippen molar-refractivity contribution in [2.45, 2.75) is 64.7 Å². The summed E-state index contributed by atoms with van der Waals surface area (Å²) in [5.41, 5.74) is 5.41. The van der Waals surface area contributed by atoms with Crippen LogP contribution in [0.15, 0.2) is 48.5 Å². The molecule has 2 aliphatic heterocycles. The number of benzene rings is 2. The molecule has 0 spiro atoms. The molecule has 2 aliphatic rings. The van der Waals surface area contributed by atoms with Gasteiger partial charge < -0.3 is 18.8 Å². The molecule has 260 valence electrons. The van der Waals surface area contributed by atoms with Gasteiger partial charge in [0, 0.05) is 62.2 Å². The van der Waals surface area contributed by atoms with Crippen molar-refractivity contribution in [2.24, 2.45) is 0 Å². The van der Waals surface area contributed by atoms with Crippen molar-refractivity contribution < 1.29 is 109 Å². The van der Waals surface area contributed by atoms with Crippen LogP contribution in [0.5, 0.6) is 0 Å². The quantitative estimate of drug-likeness (QED) is 0.0567. The summed E-state index contributed by atoms with van der Waals surface area (Å²) < 4.78 is 69.4. The smallest absolute Gasteiger partial charge is 0.748 e. The average molecular weight is 749 g/mol.